The van der Waals surface area contributed by atoms with Crippen LogP contribution in [0.3, 0.4) is 0 Å². The van der Waals surface area contributed by atoms with Crippen molar-refractivity contribution in [2.75, 3.05) is 18.1 Å². The lowest BCUT2D eigenvalue weighted by atomic mass is 10.1. The first-order valence-corrected chi connectivity index (χ1v) is 6.39. The SMILES string of the molecule is CC1CN(c2ccc(Cl)cc2C(=N)N)C(C)CO1. The summed E-state index contributed by atoms with van der Waals surface area (Å²) >= 11 is 5.97. The van der Waals surface area contributed by atoms with Crippen molar-refractivity contribution in [3.05, 3.63) is 28.8 Å². The predicted octanol–water partition coefficient (Wildman–Crippen LogP) is 2.24. The minimum Gasteiger partial charge on any atom is -0.384 e. The van der Waals surface area contributed by atoms with E-state index in [1.54, 1.807) is 6.07 Å². The molecule has 0 aromatic heterocycles. The van der Waals surface area contributed by atoms with E-state index in [9.17, 15) is 0 Å². The molecular formula is C13H18ClN3O. The Bertz CT molecular complexity index is 464. The van der Waals surface area contributed by atoms with Gasteiger partial charge in [-0.2, -0.15) is 0 Å². The third-order valence-corrected chi connectivity index (χ3v) is 3.40. The monoisotopic (exact) mass is 267 g/mol. The number of ether oxygens (including phenoxy) is 1. The summed E-state index contributed by atoms with van der Waals surface area (Å²) in [6.45, 7) is 5.62. The molecule has 4 nitrogen and oxygen atoms in total. The lowest BCUT2D eigenvalue weighted by Gasteiger charge is -2.39. The molecular weight excluding hydrogens is 250 g/mol. The highest BCUT2D eigenvalue weighted by atomic mass is 35.5. The number of rotatable bonds is 2. The van der Waals surface area contributed by atoms with Crippen molar-refractivity contribution in [2.45, 2.75) is 26.0 Å². The van der Waals surface area contributed by atoms with Gasteiger partial charge in [0.2, 0.25) is 0 Å². The number of hydrogen-bond acceptors (Lipinski definition) is 3. The third kappa shape index (κ3) is 2.60. The van der Waals surface area contributed by atoms with E-state index >= 15 is 0 Å². The molecule has 1 heterocycles. The van der Waals surface area contributed by atoms with Crippen molar-refractivity contribution < 1.29 is 4.74 Å². The van der Waals surface area contributed by atoms with Gasteiger partial charge in [0.15, 0.2) is 0 Å². The van der Waals surface area contributed by atoms with Crippen LogP contribution in [0.1, 0.15) is 19.4 Å². The zero-order chi connectivity index (χ0) is 13.3. The average Bonchev–Trinajstić information content (AvgIpc) is 2.32. The molecule has 0 radical (unpaired) electrons. The van der Waals surface area contributed by atoms with E-state index in [1.165, 1.54) is 0 Å². The third-order valence-electron chi connectivity index (χ3n) is 3.17. The van der Waals surface area contributed by atoms with Gasteiger partial charge in [-0.25, -0.2) is 0 Å². The van der Waals surface area contributed by atoms with Gasteiger partial charge in [0, 0.05) is 28.9 Å². The molecule has 0 amide bonds. The summed E-state index contributed by atoms with van der Waals surface area (Å²) in [5.74, 6) is 0.0406. The molecule has 1 aromatic rings. The van der Waals surface area contributed by atoms with Crippen LogP contribution in [0.4, 0.5) is 5.69 Å². The Labute approximate surface area is 112 Å². The molecule has 18 heavy (non-hydrogen) atoms. The molecule has 2 atom stereocenters. The fourth-order valence-corrected chi connectivity index (χ4v) is 2.39. The summed E-state index contributed by atoms with van der Waals surface area (Å²) in [5.41, 5.74) is 7.27. The number of morpholine rings is 1. The molecule has 1 aromatic carbocycles. The van der Waals surface area contributed by atoms with Crippen molar-refractivity contribution in [2.24, 2.45) is 5.73 Å². The van der Waals surface area contributed by atoms with Crippen LogP contribution in [-0.2, 0) is 4.74 Å². The van der Waals surface area contributed by atoms with Gasteiger partial charge in [-0.05, 0) is 32.0 Å². The molecule has 2 unspecified atom stereocenters. The van der Waals surface area contributed by atoms with Gasteiger partial charge in [-0.3, -0.25) is 5.41 Å². The number of nitrogens with one attached hydrogen (secondary N) is 1. The molecule has 0 bridgehead atoms. The molecule has 5 heteroatoms. The lowest BCUT2D eigenvalue weighted by molar-refractivity contribution is 0.0343. The zero-order valence-corrected chi connectivity index (χ0v) is 11.4. The van der Waals surface area contributed by atoms with Crippen molar-refractivity contribution in [1.82, 2.24) is 0 Å². The minimum atomic E-state index is 0.0406. The van der Waals surface area contributed by atoms with Gasteiger partial charge in [-0.15, -0.1) is 0 Å². The molecule has 2 rings (SSSR count). The molecule has 1 saturated heterocycles. The highest BCUT2D eigenvalue weighted by molar-refractivity contribution is 6.31. The van der Waals surface area contributed by atoms with E-state index in [0.717, 1.165) is 12.2 Å². The number of nitrogens with zero attached hydrogens (tertiary/aromatic N) is 1. The second-order valence-electron chi connectivity index (χ2n) is 4.72. The van der Waals surface area contributed by atoms with Crippen LogP contribution < -0.4 is 10.6 Å². The quantitative estimate of drug-likeness (QED) is 0.638. The van der Waals surface area contributed by atoms with Crippen LogP contribution in [0.5, 0.6) is 0 Å². The summed E-state index contributed by atoms with van der Waals surface area (Å²) in [7, 11) is 0. The zero-order valence-electron chi connectivity index (χ0n) is 10.6. The normalized spacial score (nSPS) is 24.1. The molecule has 3 N–H and O–H groups in total. The molecule has 0 saturated carbocycles. The number of amidine groups is 1. The average molecular weight is 268 g/mol. The van der Waals surface area contributed by atoms with Crippen LogP contribution in [0, 0.1) is 5.41 Å². The van der Waals surface area contributed by atoms with Crippen molar-refractivity contribution in [1.29, 1.82) is 5.41 Å². The first-order chi connectivity index (χ1) is 8.49. The van der Waals surface area contributed by atoms with E-state index in [4.69, 9.17) is 27.5 Å². The Hall–Kier alpha value is -1.26. The van der Waals surface area contributed by atoms with Gasteiger partial charge in [0.05, 0.1) is 12.7 Å². The summed E-state index contributed by atoms with van der Waals surface area (Å²) in [6, 6.07) is 5.76. The Balaban J connectivity index is 2.40. The highest BCUT2D eigenvalue weighted by Crippen LogP contribution is 2.28. The maximum atomic E-state index is 7.67. The Morgan fingerprint density at radius 2 is 2.22 bits per heavy atom. The number of benzene rings is 1. The Kier molecular flexibility index (Phi) is 3.78. The maximum Gasteiger partial charge on any atom is 0.124 e. The van der Waals surface area contributed by atoms with Crippen LogP contribution in [0.15, 0.2) is 18.2 Å². The molecule has 1 fully saturated rings. The second-order valence-corrected chi connectivity index (χ2v) is 5.16. The number of nitrogen functional groups attached to an aromatic ring is 1. The van der Waals surface area contributed by atoms with Crippen LogP contribution in [0.2, 0.25) is 5.02 Å². The topological polar surface area (TPSA) is 62.3 Å². The molecule has 0 spiro atoms. The van der Waals surface area contributed by atoms with Gasteiger partial charge >= 0.3 is 0 Å². The molecule has 98 valence electrons. The maximum absolute atomic E-state index is 7.67. The van der Waals surface area contributed by atoms with Crippen LogP contribution >= 0.6 is 11.6 Å². The summed E-state index contributed by atoms with van der Waals surface area (Å²) in [5, 5.41) is 8.26. The van der Waals surface area contributed by atoms with Gasteiger partial charge in [-0.1, -0.05) is 11.6 Å². The van der Waals surface area contributed by atoms with Crippen molar-refractivity contribution in [3.63, 3.8) is 0 Å². The first-order valence-electron chi connectivity index (χ1n) is 6.01. The summed E-state index contributed by atoms with van der Waals surface area (Å²) in [6.07, 6.45) is 0.177. The number of nitrogens with two attached hydrogens (primary N) is 1. The number of anilines is 1. The minimum absolute atomic E-state index is 0.0406. The molecule has 1 aliphatic rings. The van der Waals surface area contributed by atoms with E-state index in [-0.39, 0.29) is 18.0 Å². The summed E-state index contributed by atoms with van der Waals surface area (Å²) in [4.78, 5) is 2.22. The fourth-order valence-electron chi connectivity index (χ4n) is 2.21. The van der Waals surface area contributed by atoms with Crippen molar-refractivity contribution in [3.8, 4) is 0 Å². The number of hydrogen-bond donors (Lipinski definition) is 2. The first kappa shape index (κ1) is 13.2. The largest absolute Gasteiger partial charge is 0.384 e. The summed E-state index contributed by atoms with van der Waals surface area (Å²) < 4.78 is 5.61. The highest BCUT2D eigenvalue weighted by Gasteiger charge is 2.25. The van der Waals surface area contributed by atoms with Crippen LogP contribution in [-0.4, -0.2) is 31.1 Å². The van der Waals surface area contributed by atoms with Crippen molar-refractivity contribution >= 4 is 23.1 Å². The second kappa shape index (κ2) is 5.16. The lowest BCUT2D eigenvalue weighted by Crippen LogP contribution is -2.48. The molecule has 1 aliphatic heterocycles. The van der Waals surface area contributed by atoms with Gasteiger partial charge < -0.3 is 15.4 Å². The number of halogens is 1. The van der Waals surface area contributed by atoms with Crippen LogP contribution in [0.25, 0.3) is 0 Å². The van der Waals surface area contributed by atoms with E-state index in [1.807, 2.05) is 19.1 Å². The van der Waals surface area contributed by atoms with E-state index in [0.29, 0.717) is 17.2 Å². The Morgan fingerprint density at radius 3 is 2.89 bits per heavy atom. The fraction of sp³-hybridized carbons (Fsp3) is 0.462. The Morgan fingerprint density at radius 1 is 1.50 bits per heavy atom. The predicted molar refractivity (Wildman–Crippen MR) is 74.7 cm³/mol. The van der Waals surface area contributed by atoms with E-state index < -0.39 is 0 Å². The smallest absolute Gasteiger partial charge is 0.124 e. The molecule has 0 aliphatic carbocycles. The standard InChI is InChI=1S/C13H18ClN3O/c1-8-7-18-9(2)6-17(8)12-4-3-10(14)5-11(12)13(15)16/h3-5,8-9H,6-7H2,1-2H3,(H3,15,16). The van der Waals surface area contributed by atoms with Gasteiger partial charge in [0.1, 0.15) is 5.84 Å². The van der Waals surface area contributed by atoms with E-state index in [2.05, 4.69) is 11.8 Å². The van der Waals surface area contributed by atoms with Gasteiger partial charge in [0.25, 0.3) is 0 Å².